The van der Waals surface area contributed by atoms with Crippen molar-refractivity contribution in [2.24, 2.45) is 0 Å². The minimum atomic E-state index is -0.400. The number of nitrogens with one attached hydrogen (secondary N) is 1. The van der Waals surface area contributed by atoms with E-state index in [-0.39, 0.29) is 30.8 Å². The molecule has 8 nitrogen and oxygen atoms in total. The lowest BCUT2D eigenvalue weighted by molar-refractivity contribution is -0.125. The summed E-state index contributed by atoms with van der Waals surface area (Å²) in [6.45, 7) is 6.41. The van der Waals surface area contributed by atoms with E-state index in [1.807, 2.05) is 39.0 Å². The van der Waals surface area contributed by atoms with E-state index in [4.69, 9.17) is 14.2 Å². The molecule has 34 heavy (non-hydrogen) atoms. The predicted octanol–water partition coefficient (Wildman–Crippen LogP) is 3.94. The van der Waals surface area contributed by atoms with Gasteiger partial charge in [-0.1, -0.05) is 12.1 Å². The minimum absolute atomic E-state index is 0.0734. The molecule has 9 heteroatoms. The molecule has 1 heterocycles. The second kappa shape index (κ2) is 11.6. The Morgan fingerprint density at radius 3 is 2.56 bits per heavy atom. The molecular weight excluding hydrogens is 456 g/mol. The van der Waals surface area contributed by atoms with Crippen molar-refractivity contribution < 1.29 is 28.6 Å². The molecule has 180 valence electrons. The Labute approximate surface area is 203 Å². The molecule has 0 bridgehead atoms. The van der Waals surface area contributed by atoms with Crippen molar-refractivity contribution in [3.8, 4) is 17.2 Å². The van der Waals surface area contributed by atoms with Crippen LogP contribution >= 0.6 is 11.8 Å². The van der Waals surface area contributed by atoms with Gasteiger partial charge in [-0.25, -0.2) is 0 Å². The number of ether oxygens (including phenoxy) is 3. The van der Waals surface area contributed by atoms with Gasteiger partial charge in [-0.2, -0.15) is 0 Å². The standard InChI is InChI=1S/C25H28N2O6S/c1-5-32-20-9-7-18(13-21(20)31-4)14-22-24(29)27(25(30)34-22)11-10-26-23(28)15-33-19-8-6-16(2)17(3)12-19/h6-9,12-14H,5,10-11,15H2,1-4H3,(H,26,28)/b22-14-. The average molecular weight is 485 g/mol. The first-order chi connectivity index (χ1) is 16.3. The van der Waals surface area contributed by atoms with E-state index in [9.17, 15) is 14.4 Å². The van der Waals surface area contributed by atoms with Gasteiger partial charge >= 0.3 is 0 Å². The number of rotatable bonds is 10. The number of amides is 3. The monoisotopic (exact) mass is 484 g/mol. The maximum absolute atomic E-state index is 12.7. The van der Waals surface area contributed by atoms with Crippen LogP contribution in [0.25, 0.3) is 6.08 Å². The summed E-state index contributed by atoms with van der Waals surface area (Å²) in [4.78, 5) is 38.6. The van der Waals surface area contributed by atoms with Crippen LogP contribution in [0.15, 0.2) is 41.3 Å². The van der Waals surface area contributed by atoms with Gasteiger partial charge < -0.3 is 19.5 Å². The van der Waals surface area contributed by atoms with Gasteiger partial charge in [0.25, 0.3) is 17.1 Å². The summed E-state index contributed by atoms with van der Waals surface area (Å²) >= 11 is 0.862. The normalized spacial score (nSPS) is 14.5. The third-order valence-corrected chi connectivity index (χ3v) is 6.07. The molecule has 1 aliphatic rings. The number of hydrogen-bond donors (Lipinski definition) is 1. The van der Waals surface area contributed by atoms with Crippen molar-refractivity contribution in [1.82, 2.24) is 10.2 Å². The van der Waals surface area contributed by atoms with Crippen LogP contribution in [0, 0.1) is 13.8 Å². The number of methoxy groups -OCH3 is 1. The fraction of sp³-hybridized carbons (Fsp3) is 0.320. The summed E-state index contributed by atoms with van der Waals surface area (Å²) in [6.07, 6.45) is 1.64. The van der Waals surface area contributed by atoms with E-state index in [2.05, 4.69) is 5.32 Å². The number of imide groups is 1. The molecule has 1 N–H and O–H groups in total. The highest BCUT2D eigenvalue weighted by Crippen LogP contribution is 2.34. The van der Waals surface area contributed by atoms with Gasteiger partial charge in [-0.3, -0.25) is 19.3 Å². The number of aryl methyl sites for hydroxylation is 2. The van der Waals surface area contributed by atoms with E-state index >= 15 is 0 Å². The van der Waals surface area contributed by atoms with E-state index in [1.165, 1.54) is 7.11 Å². The van der Waals surface area contributed by atoms with Crippen LogP contribution in [0.5, 0.6) is 17.2 Å². The molecular formula is C25H28N2O6S. The van der Waals surface area contributed by atoms with Gasteiger partial charge in [0.2, 0.25) is 0 Å². The number of nitrogens with zero attached hydrogens (tertiary/aromatic N) is 1. The first-order valence-corrected chi connectivity index (χ1v) is 11.7. The Balaban J connectivity index is 1.52. The quantitative estimate of drug-likeness (QED) is 0.511. The summed E-state index contributed by atoms with van der Waals surface area (Å²) in [5.41, 5.74) is 2.93. The van der Waals surface area contributed by atoms with Crippen LogP contribution < -0.4 is 19.5 Å². The van der Waals surface area contributed by atoms with E-state index in [0.717, 1.165) is 27.8 Å². The van der Waals surface area contributed by atoms with Gasteiger partial charge in [0.05, 0.1) is 18.6 Å². The number of carbonyl (C=O) groups is 3. The Morgan fingerprint density at radius 1 is 1.06 bits per heavy atom. The summed E-state index contributed by atoms with van der Waals surface area (Å²) < 4.78 is 16.3. The second-order valence-electron chi connectivity index (χ2n) is 7.56. The van der Waals surface area contributed by atoms with Crippen molar-refractivity contribution in [3.05, 3.63) is 58.0 Å². The highest BCUT2D eigenvalue weighted by molar-refractivity contribution is 8.18. The maximum atomic E-state index is 12.7. The molecule has 2 aromatic carbocycles. The predicted molar refractivity (Wildman–Crippen MR) is 131 cm³/mol. The number of hydrogen-bond acceptors (Lipinski definition) is 7. The SMILES string of the molecule is CCOc1ccc(/C=C2\SC(=O)N(CCNC(=O)COc3ccc(C)c(C)c3)C2=O)cc1OC. The van der Waals surface area contributed by atoms with Crippen LogP contribution in [-0.4, -0.2) is 55.4 Å². The maximum Gasteiger partial charge on any atom is 0.293 e. The third kappa shape index (κ3) is 6.32. The van der Waals surface area contributed by atoms with E-state index in [0.29, 0.717) is 34.3 Å². The number of thioether (sulfide) groups is 1. The highest BCUT2D eigenvalue weighted by Gasteiger charge is 2.34. The second-order valence-corrected chi connectivity index (χ2v) is 8.55. The first-order valence-electron chi connectivity index (χ1n) is 10.8. The van der Waals surface area contributed by atoms with Gasteiger partial charge in [0.1, 0.15) is 5.75 Å². The summed E-state index contributed by atoms with van der Waals surface area (Å²) in [7, 11) is 1.54. The lowest BCUT2D eigenvalue weighted by Gasteiger charge is -2.13. The van der Waals surface area contributed by atoms with Crippen LogP contribution in [0.2, 0.25) is 0 Å². The zero-order valence-electron chi connectivity index (χ0n) is 19.7. The summed E-state index contributed by atoms with van der Waals surface area (Å²) in [6, 6.07) is 10.9. The van der Waals surface area contributed by atoms with E-state index in [1.54, 1.807) is 24.3 Å². The van der Waals surface area contributed by atoms with Crippen LogP contribution in [0.3, 0.4) is 0 Å². The van der Waals surface area contributed by atoms with Crippen LogP contribution in [0.1, 0.15) is 23.6 Å². The molecule has 0 saturated carbocycles. The van der Waals surface area contributed by atoms with Crippen molar-refractivity contribution in [1.29, 1.82) is 0 Å². The number of benzene rings is 2. The topological polar surface area (TPSA) is 94.2 Å². The Hall–Kier alpha value is -3.46. The van der Waals surface area contributed by atoms with Gasteiger partial charge in [0.15, 0.2) is 18.1 Å². The van der Waals surface area contributed by atoms with Crippen molar-refractivity contribution in [3.63, 3.8) is 0 Å². The van der Waals surface area contributed by atoms with E-state index < -0.39 is 5.91 Å². The highest BCUT2D eigenvalue weighted by atomic mass is 32.2. The molecule has 1 aliphatic heterocycles. The average Bonchev–Trinajstić information content (AvgIpc) is 3.08. The molecule has 0 unspecified atom stereocenters. The lowest BCUT2D eigenvalue weighted by Crippen LogP contribution is -2.38. The summed E-state index contributed by atoms with van der Waals surface area (Å²) in [5, 5.41) is 2.30. The number of carbonyl (C=O) groups excluding carboxylic acids is 3. The fourth-order valence-electron chi connectivity index (χ4n) is 3.20. The zero-order chi connectivity index (χ0) is 24.7. The molecule has 1 fully saturated rings. The van der Waals surface area contributed by atoms with Gasteiger partial charge in [0, 0.05) is 13.1 Å². The Morgan fingerprint density at radius 2 is 1.85 bits per heavy atom. The molecule has 0 radical (unpaired) electrons. The van der Waals surface area contributed by atoms with Crippen LogP contribution in [-0.2, 0) is 9.59 Å². The molecule has 3 rings (SSSR count). The van der Waals surface area contributed by atoms with Crippen molar-refractivity contribution in [2.75, 3.05) is 33.4 Å². The molecule has 2 aromatic rings. The first kappa shape index (κ1) is 25.2. The third-order valence-electron chi connectivity index (χ3n) is 5.16. The molecule has 3 amide bonds. The molecule has 0 atom stereocenters. The lowest BCUT2D eigenvalue weighted by atomic mass is 10.1. The molecule has 0 spiro atoms. The van der Waals surface area contributed by atoms with Crippen molar-refractivity contribution in [2.45, 2.75) is 20.8 Å². The van der Waals surface area contributed by atoms with Gasteiger partial charge in [-0.15, -0.1) is 0 Å². The Kier molecular flexibility index (Phi) is 8.59. The summed E-state index contributed by atoms with van der Waals surface area (Å²) in [5.74, 6) is 1.03. The zero-order valence-corrected chi connectivity index (χ0v) is 20.5. The molecule has 1 saturated heterocycles. The van der Waals surface area contributed by atoms with Crippen LogP contribution in [0.4, 0.5) is 4.79 Å². The largest absolute Gasteiger partial charge is 0.493 e. The molecule has 0 aromatic heterocycles. The molecule has 0 aliphatic carbocycles. The Bertz CT molecular complexity index is 1110. The fourth-order valence-corrected chi connectivity index (χ4v) is 4.07. The minimum Gasteiger partial charge on any atom is -0.493 e. The van der Waals surface area contributed by atoms with Gasteiger partial charge in [-0.05, 0) is 79.6 Å². The smallest absolute Gasteiger partial charge is 0.293 e. The van der Waals surface area contributed by atoms with Crippen molar-refractivity contribution >= 4 is 34.9 Å².